The lowest BCUT2D eigenvalue weighted by molar-refractivity contribution is -0.132. The minimum Gasteiger partial charge on any atom is -0.347 e. The Morgan fingerprint density at radius 2 is 2.00 bits per heavy atom. The van der Waals surface area contributed by atoms with E-state index in [1.807, 2.05) is 0 Å². The van der Waals surface area contributed by atoms with Crippen LogP contribution in [0.5, 0.6) is 0 Å². The van der Waals surface area contributed by atoms with Crippen LogP contribution >= 0.6 is 0 Å². The monoisotopic (exact) mass is 351 g/mol. The van der Waals surface area contributed by atoms with Crippen LogP contribution < -0.4 is 5.32 Å². The Labute approximate surface area is 139 Å². The fraction of sp³-hybridized carbons (Fsp3) is 0.400. The molecule has 1 N–H and O–H groups in total. The molecular formula is C15H17N3O5S. The Hall–Kier alpha value is -2.26. The van der Waals surface area contributed by atoms with E-state index >= 15 is 0 Å². The summed E-state index contributed by atoms with van der Waals surface area (Å²) in [5, 5.41) is 2.38. The van der Waals surface area contributed by atoms with E-state index in [4.69, 9.17) is 0 Å². The van der Waals surface area contributed by atoms with E-state index in [0.717, 1.165) is 0 Å². The zero-order chi connectivity index (χ0) is 17.6. The third-order valence-corrected chi connectivity index (χ3v) is 6.13. The van der Waals surface area contributed by atoms with E-state index in [9.17, 15) is 22.8 Å². The molecule has 1 atom stereocenters. The fourth-order valence-corrected chi connectivity index (χ4v) is 4.67. The van der Waals surface area contributed by atoms with Crippen LogP contribution in [0.1, 0.15) is 23.2 Å². The molecule has 1 aromatic carbocycles. The summed E-state index contributed by atoms with van der Waals surface area (Å²) in [5.41, 5.74) is 0.335. The van der Waals surface area contributed by atoms with Gasteiger partial charge in [-0.2, -0.15) is 4.31 Å². The summed E-state index contributed by atoms with van der Waals surface area (Å²) in [5.74, 6) is -1.81. The third-order valence-electron chi connectivity index (χ3n) is 4.23. The predicted octanol–water partition coefficient (Wildman–Crippen LogP) is 0.0627. The molecule has 3 rings (SSSR count). The number of fused-ring (bicyclic) bond motifs is 1. The maximum atomic E-state index is 12.9. The number of ketones is 1. The minimum absolute atomic E-state index is 0.0377. The smallest absolute Gasteiger partial charge is 0.296 e. The van der Waals surface area contributed by atoms with Gasteiger partial charge in [0, 0.05) is 20.6 Å². The molecule has 8 nitrogen and oxygen atoms in total. The quantitative estimate of drug-likeness (QED) is 0.776. The van der Waals surface area contributed by atoms with E-state index in [-0.39, 0.29) is 22.9 Å². The molecule has 1 fully saturated rings. The molecule has 128 valence electrons. The summed E-state index contributed by atoms with van der Waals surface area (Å²) >= 11 is 0. The first-order valence-electron chi connectivity index (χ1n) is 7.46. The standard InChI is InChI=1S/C15H17N3O5S/c1-17(2)15(21)12-4-3-7-18(12)24(22,23)9-5-6-11-10(8-9)13(19)14(20)16-11/h5-6,8,12H,3-4,7H2,1-2H3,(H,16,19,20)/t12-/m0/s1. The van der Waals surface area contributed by atoms with Crippen LogP contribution in [0.15, 0.2) is 23.1 Å². The van der Waals surface area contributed by atoms with Gasteiger partial charge in [0.25, 0.3) is 11.7 Å². The van der Waals surface area contributed by atoms with Gasteiger partial charge in [0.05, 0.1) is 16.1 Å². The number of benzene rings is 1. The number of likely N-dealkylation sites (N-methyl/N-ethyl adjacent to an activating group) is 1. The maximum Gasteiger partial charge on any atom is 0.296 e. The molecule has 2 aliphatic heterocycles. The van der Waals surface area contributed by atoms with Crippen LogP contribution in [0, 0.1) is 0 Å². The fourth-order valence-electron chi connectivity index (χ4n) is 2.99. The summed E-state index contributed by atoms with van der Waals surface area (Å²) in [4.78, 5) is 36.7. The van der Waals surface area contributed by atoms with Crippen LogP contribution in [0.3, 0.4) is 0 Å². The van der Waals surface area contributed by atoms with Gasteiger partial charge in [-0.3, -0.25) is 14.4 Å². The molecule has 1 saturated heterocycles. The molecule has 2 aliphatic rings. The molecule has 9 heteroatoms. The molecule has 0 saturated carbocycles. The number of amides is 2. The van der Waals surface area contributed by atoms with Gasteiger partial charge in [-0.1, -0.05) is 0 Å². The van der Waals surface area contributed by atoms with Crippen LogP contribution in [0.4, 0.5) is 5.69 Å². The van der Waals surface area contributed by atoms with E-state index < -0.39 is 27.8 Å². The van der Waals surface area contributed by atoms with Gasteiger partial charge in [0.15, 0.2) is 0 Å². The van der Waals surface area contributed by atoms with Crippen molar-refractivity contribution < 1.29 is 22.8 Å². The van der Waals surface area contributed by atoms with Crippen LogP contribution in [-0.2, 0) is 19.6 Å². The van der Waals surface area contributed by atoms with Gasteiger partial charge in [0.2, 0.25) is 15.9 Å². The summed E-state index contributed by atoms with van der Waals surface area (Å²) in [6.45, 7) is 0.245. The van der Waals surface area contributed by atoms with Crippen molar-refractivity contribution in [3.05, 3.63) is 23.8 Å². The Bertz CT molecular complexity index is 847. The lowest BCUT2D eigenvalue weighted by Gasteiger charge is -2.25. The first-order chi connectivity index (χ1) is 11.2. The van der Waals surface area contributed by atoms with Gasteiger partial charge in [-0.15, -0.1) is 0 Å². The highest BCUT2D eigenvalue weighted by Gasteiger charge is 2.41. The molecule has 0 aromatic heterocycles. The SMILES string of the molecule is CN(C)C(=O)[C@@H]1CCCN1S(=O)(=O)c1ccc2c(c1)C(=O)C(=O)N2. The molecule has 0 unspecified atom stereocenters. The summed E-state index contributed by atoms with van der Waals surface area (Å²) in [6.07, 6.45) is 1.05. The van der Waals surface area contributed by atoms with Crippen molar-refractivity contribution in [2.24, 2.45) is 0 Å². The van der Waals surface area contributed by atoms with Crippen LogP contribution in [0.25, 0.3) is 0 Å². The lowest BCUT2D eigenvalue weighted by atomic mass is 10.1. The van der Waals surface area contributed by atoms with Gasteiger partial charge in [0.1, 0.15) is 6.04 Å². The van der Waals surface area contributed by atoms with Crippen molar-refractivity contribution in [3.63, 3.8) is 0 Å². The van der Waals surface area contributed by atoms with E-state index in [2.05, 4.69) is 5.32 Å². The molecule has 0 aliphatic carbocycles. The van der Waals surface area contributed by atoms with E-state index in [1.165, 1.54) is 27.4 Å². The second-order valence-electron chi connectivity index (χ2n) is 6.00. The molecule has 0 radical (unpaired) electrons. The number of hydrogen-bond acceptors (Lipinski definition) is 5. The summed E-state index contributed by atoms with van der Waals surface area (Å²) in [6, 6.07) is 3.18. The van der Waals surface area contributed by atoms with Crippen LogP contribution in [-0.4, -0.2) is 61.9 Å². The normalized spacial score (nSPS) is 20.8. The number of rotatable bonds is 3. The van der Waals surface area contributed by atoms with Gasteiger partial charge in [-0.05, 0) is 31.0 Å². The summed E-state index contributed by atoms with van der Waals surface area (Å²) in [7, 11) is -0.774. The zero-order valence-corrected chi connectivity index (χ0v) is 14.1. The largest absolute Gasteiger partial charge is 0.347 e. The molecule has 2 heterocycles. The second kappa shape index (κ2) is 5.67. The highest BCUT2D eigenvalue weighted by atomic mass is 32.2. The highest BCUT2D eigenvalue weighted by Crippen LogP contribution is 2.31. The lowest BCUT2D eigenvalue weighted by Crippen LogP contribution is -2.45. The molecular weight excluding hydrogens is 334 g/mol. The second-order valence-corrected chi connectivity index (χ2v) is 7.89. The van der Waals surface area contributed by atoms with Gasteiger partial charge < -0.3 is 10.2 Å². The number of nitrogens with zero attached hydrogens (tertiary/aromatic N) is 2. The average Bonchev–Trinajstić information content (AvgIpc) is 3.12. The number of sulfonamides is 1. The first-order valence-corrected chi connectivity index (χ1v) is 8.90. The number of anilines is 1. The van der Waals surface area contributed by atoms with E-state index in [0.29, 0.717) is 18.5 Å². The van der Waals surface area contributed by atoms with E-state index in [1.54, 1.807) is 14.1 Å². The van der Waals surface area contributed by atoms with Crippen molar-refractivity contribution >= 4 is 33.3 Å². The van der Waals surface area contributed by atoms with Crippen molar-refractivity contribution in [3.8, 4) is 0 Å². The zero-order valence-electron chi connectivity index (χ0n) is 13.3. The van der Waals surface area contributed by atoms with Crippen molar-refractivity contribution in [2.45, 2.75) is 23.8 Å². The minimum atomic E-state index is -3.93. The van der Waals surface area contributed by atoms with Crippen molar-refractivity contribution in [1.29, 1.82) is 0 Å². The Morgan fingerprint density at radius 3 is 2.67 bits per heavy atom. The summed E-state index contributed by atoms with van der Waals surface area (Å²) < 4.78 is 27.0. The topological polar surface area (TPSA) is 104 Å². The Kier molecular flexibility index (Phi) is 3.92. The number of carbonyl (C=O) groups is 3. The third kappa shape index (κ3) is 2.49. The number of nitrogens with one attached hydrogen (secondary N) is 1. The molecule has 0 bridgehead atoms. The van der Waals surface area contributed by atoms with Crippen molar-refractivity contribution in [1.82, 2.24) is 9.21 Å². The molecule has 0 spiro atoms. The molecule has 24 heavy (non-hydrogen) atoms. The highest BCUT2D eigenvalue weighted by molar-refractivity contribution is 7.89. The average molecular weight is 351 g/mol. The van der Waals surface area contributed by atoms with Gasteiger partial charge >= 0.3 is 0 Å². The molecule has 2 amide bonds. The number of carbonyl (C=O) groups excluding carboxylic acids is 3. The molecule has 1 aromatic rings. The van der Waals surface area contributed by atoms with Gasteiger partial charge in [-0.25, -0.2) is 8.42 Å². The Balaban J connectivity index is 1.98. The first kappa shape index (κ1) is 16.6. The number of hydrogen-bond donors (Lipinski definition) is 1. The maximum absolute atomic E-state index is 12.9. The number of Topliss-reactive ketones (excluding diaryl/α,β-unsaturated/α-hetero) is 1. The van der Waals surface area contributed by atoms with Crippen LogP contribution in [0.2, 0.25) is 0 Å². The van der Waals surface area contributed by atoms with Crippen molar-refractivity contribution in [2.75, 3.05) is 26.0 Å². The predicted molar refractivity (Wildman–Crippen MR) is 85.0 cm³/mol. The Morgan fingerprint density at radius 1 is 1.29 bits per heavy atom.